The lowest BCUT2D eigenvalue weighted by atomic mass is 9.94. The molecule has 1 aliphatic rings. The van der Waals surface area contributed by atoms with Gasteiger partial charge >= 0.3 is 0 Å². The second-order valence-corrected chi connectivity index (χ2v) is 7.63. The minimum atomic E-state index is 0.0798. The Morgan fingerprint density at radius 2 is 2.03 bits per heavy atom. The van der Waals surface area contributed by atoms with Gasteiger partial charge in [0.15, 0.2) is 0 Å². The summed E-state index contributed by atoms with van der Waals surface area (Å²) in [7, 11) is 0. The second kappa shape index (κ2) is 8.02. The molecule has 1 aliphatic heterocycles. The summed E-state index contributed by atoms with van der Waals surface area (Å²) in [6.07, 6.45) is 7.46. The molecule has 4 aromatic rings. The number of rotatable bonds is 4. The molecular weight excluding hydrogens is 378 g/mol. The number of carbonyl (C=O) groups is 1. The molecule has 0 saturated carbocycles. The van der Waals surface area contributed by atoms with Crippen LogP contribution in [-0.2, 0) is 6.42 Å². The zero-order valence-corrected chi connectivity index (χ0v) is 16.4. The van der Waals surface area contributed by atoms with E-state index in [9.17, 15) is 4.79 Å². The summed E-state index contributed by atoms with van der Waals surface area (Å²) in [5.74, 6) is 1.38. The first-order valence-electron chi connectivity index (χ1n) is 10.1. The summed E-state index contributed by atoms with van der Waals surface area (Å²) >= 11 is 0. The van der Waals surface area contributed by atoms with E-state index in [0.717, 1.165) is 35.7 Å². The van der Waals surface area contributed by atoms with Crippen molar-refractivity contribution in [2.24, 2.45) is 5.92 Å². The Hall–Kier alpha value is -3.61. The lowest BCUT2D eigenvalue weighted by Crippen LogP contribution is -2.40. The maximum Gasteiger partial charge on any atom is 0.253 e. The summed E-state index contributed by atoms with van der Waals surface area (Å²) in [5.41, 5.74) is 1.32. The summed E-state index contributed by atoms with van der Waals surface area (Å²) in [4.78, 5) is 27.7. The van der Waals surface area contributed by atoms with Crippen LogP contribution in [0, 0.1) is 5.92 Å². The molecule has 1 amide bonds. The van der Waals surface area contributed by atoms with Gasteiger partial charge in [-0.1, -0.05) is 35.5 Å². The average Bonchev–Trinajstić information content (AvgIpc) is 3.27. The van der Waals surface area contributed by atoms with Crippen molar-refractivity contribution in [1.82, 2.24) is 25.0 Å². The van der Waals surface area contributed by atoms with Crippen LogP contribution in [0.15, 0.2) is 65.6 Å². The fourth-order valence-corrected chi connectivity index (χ4v) is 4.02. The molecule has 0 aliphatic carbocycles. The molecule has 3 heterocycles. The van der Waals surface area contributed by atoms with Gasteiger partial charge in [0, 0.05) is 37.5 Å². The first-order chi connectivity index (χ1) is 14.8. The summed E-state index contributed by atoms with van der Waals surface area (Å²) in [6, 6.07) is 14.0. The number of aromatic nitrogens is 4. The number of amides is 1. The molecule has 5 rings (SSSR count). The molecule has 7 heteroatoms. The molecule has 0 N–H and O–H groups in total. The molecule has 7 nitrogen and oxygen atoms in total. The Morgan fingerprint density at radius 1 is 1.13 bits per heavy atom. The van der Waals surface area contributed by atoms with E-state index in [0.29, 0.717) is 36.3 Å². The number of nitrogens with zero attached hydrogens (tertiary/aromatic N) is 5. The fourth-order valence-electron chi connectivity index (χ4n) is 4.02. The number of piperidine rings is 1. The summed E-state index contributed by atoms with van der Waals surface area (Å²) in [6.45, 7) is 1.46. The molecule has 1 saturated heterocycles. The van der Waals surface area contributed by atoms with Gasteiger partial charge < -0.3 is 9.42 Å². The lowest BCUT2D eigenvalue weighted by Gasteiger charge is -2.32. The van der Waals surface area contributed by atoms with Crippen molar-refractivity contribution < 1.29 is 9.32 Å². The van der Waals surface area contributed by atoms with E-state index in [2.05, 4.69) is 26.2 Å². The van der Waals surface area contributed by atoms with Crippen molar-refractivity contribution in [3.05, 3.63) is 72.5 Å². The van der Waals surface area contributed by atoms with Crippen LogP contribution in [0.5, 0.6) is 0 Å². The first-order valence-corrected chi connectivity index (χ1v) is 10.1. The predicted molar refractivity (Wildman–Crippen MR) is 112 cm³/mol. The van der Waals surface area contributed by atoms with Crippen LogP contribution in [0.3, 0.4) is 0 Å². The van der Waals surface area contributed by atoms with Crippen molar-refractivity contribution in [3.63, 3.8) is 0 Å². The van der Waals surface area contributed by atoms with Crippen molar-refractivity contribution in [1.29, 1.82) is 0 Å². The zero-order chi connectivity index (χ0) is 20.3. The van der Waals surface area contributed by atoms with Gasteiger partial charge in [-0.15, -0.1) is 0 Å². The van der Waals surface area contributed by atoms with Crippen molar-refractivity contribution >= 4 is 16.7 Å². The van der Waals surface area contributed by atoms with Crippen LogP contribution < -0.4 is 0 Å². The van der Waals surface area contributed by atoms with E-state index in [4.69, 9.17) is 4.52 Å². The monoisotopic (exact) mass is 399 g/mol. The van der Waals surface area contributed by atoms with Gasteiger partial charge in [-0.2, -0.15) is 4.98 Å². The number of benzene rings is 2. The predicted octanol–water partition coefficient (Wildman–Crippen LogP) is 3.77. The van der Waals surface area contributed by atoms with E-state index in [1.807, 2.05) is 41.3 Å². The second-order valence-electron chi connectivity index (χ2n) is 7.63. The highest BCUT2D eigenvalue weighted by Crippen LogP contribution is 2.24. The van der Waals surface area contributed by atoms with E-state index in [1.165, 1.54) is 0 Å². The van der Waals surface area contributed by atoms with Crippen LogP contribution in [0.25, 0.3) is 22.3 Å². The number of likely N-dealkylation sites (tertiary alicyclic amines) is 1. The molecular formula is C23H21N5O2. The van der Waals surface area contributed by atoms with Crippen LogP contribution in [0.1, 0.15) is 29.1 Å². The van der Waals surface area contributed by atoms with E-state index >= 15 is 0 Å². The maximum absolute atomic E-state index is 13.1. The molecule has 2 aromatic heterocycles. The molecule has 1 atom stereocenters. The average molecular weight is 399 g/mol. The SMILES string of the molecule is O=C(c1ccc2ccccc2c1)N1CCCC(Cc2nc(-c3cnccn3)no2)C1. The van der Waals surface area contributed by atoms with Gasteiger partial charge in [0.25, 0.3) is 5.91 Å². The van der Waals surface area contributed by atoms with Crippen LogP contribution in [0.2, 0.25) is 0 Å². The standard InChI is InChI=1S/C23H21N5O2/c29-23(19-8-7-17-5-1-2-6-18(17)13-19)28-11-3-4-16(15-28)12-21-26-22(27-30-21)20-14-24-9-10-25-20/h1-2,5-10,13-14,16H,3-4,11-12,15H2. The number of hydrogen-bond acceptors (Lipinski definition) is 6. The Morgan fingerprint density at radius 3 is 2.90 bits per heavy atom. The largest absolute Gasteiger partial charge is 0.339 e. The molecule has 30 heavy (non-hydrogen) atoms. The topological polar surface area (TPSA) is 85.0 Å². The van der Waals surface area contributed by atoms with E-state index < -0.39 is 0 Å². The van der Waals surface area contributed by atoms with Crippen LogP contribution >= 0.6 is 0 Å². The maximum atomic E-state index is 13.1. The van der Waals surface area contributed by atoms with Gasteiger partial charge in [-0.05, 0) is 41.7 Å². The third kappa shape index (κ3) is 3.78. The van der Waals surface area contributed by atoms with E-state index in [1.54, 1.807) is 18.6 Å². The molecule has 150 valence electrons. The van der Waals surface area contributed by atoms with Gasteiger partial charge in [-0.3, -0.25) is 9.78 Å². The first kappa shape index (κ1) is 18.4. The number of carbonyl (C=O) groups excluding carboxylic acids is 1. The molecule has 2 aromatic carbocycles. The van der Waals surface area contributed by atoms with E-state index in [-0.39, 0.29) is 5.91 Å². The minimum absolute atomic E-state index is 0.0798. The van der Waals surface area contributed by atoms with Gasteiger partial charge in [0.2, 0.25) is 11.7 Å². The van der Waals surface area contributed by atoms with Crippen molar-refractivity contribution in [3.8, 4) is 11.5 Å². The summed E-state index contributed by atoms with van der Waals surface area (Å²) in [5, 5.41) is 6.24. The smallest absolute Gasteiger partial charge is 0.253 e. The number of fused-ring (bicyclic) bond motifs is 1. The zero-order valence-electron chi connectivity index (χ0n) is 16.4. The highest BCUT2D eigenvalue weighted by Gasteiger charge is 2.26. The molecule has 0 radical (unpaired) electrons. The molecule has 1 fully saturated rings. The van der Waals surface area contributed by atoms with Crippen molar-refractivity contribution in [2.75, 3.05) is 13.1 Å². The van der Waals surface area contributed by atoms with Gasteiger partial charge in [0.05, 0.1) is 6.20 Å². The third-order valence-electron chi connectivity index (χ3n) is 5.53. The highest BCUT2D eigenvalue weighted by molar-refractivity contribution is 5.98. The van der Waals surface area contributed by atoms with Crippen LogP contribution in [-0.4, -0.2) is 44.0 Å². The van der Waals surface area contributed by atoms with Crippen molar-refractivity contribution in [2.45, 2.75) is 19.3 Å². The number of hydrogen-bond donors (Lipinski definition) is 0. The Labute approximate surface area is 173 Å². The lowest BCUT2D eigenvalue weighted by molar-refractivity contribution is 0.0668. The van der Waals surface area contributed by atoms with Gasteiger partial charge in [-0.25, -0.2) is 4.98 Å². The Balaban J connectivity index is 1.27. The minimum Gasteiger partial charge on any atom is -0.339 e. The Bertz CT molecular complexity index is 1170. The Kier molecular flexibility index (Phi) is 4.93. The normalized spacial score (nSPS) is 16.7. The summed E-state index contributed by atoms with van der Waals surface area (Å²) < 4.78 is 5.42. The van der Waals surface area contributed by atoms with Gasteiger partial charge in [0.1, 0.15) is 5.69 Å². The highest BCUT2D eigenvalue weighted by atomic mass is 16.5. The van der Waals surface area contributed by atoms with Crippen LogP contribution in [0.4, 0.5) is 0 Å². The fraction of sp³-hybridized carbons (Fsp3) is 0.261. The molecule has 1 unspecified atom stereocenters. The third-order valence-corrected chi connectivity index (χ3v) is 5.53. The molecule has 0 bridgehead atoms. The quantitative estimate of drug-likeness (QED) is 0.519. The molecule has 0 spiro atoms.